The Morgan fingerprint density at radius 2 is 1.81 bits per heavy atom. The summed E-state index contributed by atoms with van der Waals surface area (Å²) in [4.78, 5) is 12.3. The Labute approximate surface area is 154 Å². The van der Waals surface area contributed by atoms with Crippen molar-refractivity contribution in [1.82, 2.24) is 5.32 Å². The summed E-state index contributed by atoms with van der Waals surface area (Å²) in [6.45, 7) is 6.12. The molecule has 0 bridgehead atoms. The third kappa shape index (κ3) is 5.57. The normalized spacial score (nSPS) is 11.4. The minimum atomic E-state index is -3.84. The molecule has 0 unspecified atom stereocenters. The lowest BCUT2D eigenvalue weighted by Gasteiger charge is -2.11. The first-order valence-electron chi connectivity index (χ1n) is 8.34. The molecule has 2 aromatic rings. The lowest BCUT2D eigenvalue weighted by molar-refractivity contribution is 0.0953. The molecule has 1 amide bonds. The molecule has 0 saturated carbocycles. The molecule has 0 saturated heterocycles. The molecule has 26 heavy (non-hydrogen) atoms. The average molecular weight is 376 g/mol. The number of aryl methyl sites for hydroxylation is 1. The maximum Gasteiger partial charge on any atom is 0.251 e. The first-order valence-corrected chi connectivity index (χ1v) is 9.88. The van der Waals surface area contributed by atoms with Crippen molar-refractivity contribution in [3.63, 3.8) is 0 Å². The van der Waals surface area contributed by atoms with E-state index in [2.05, 4.69) is 5.32 Å². The number of carbonyl (C=O) groups excluding carboxylic acids is 1. The highest BCUT2D eigenvalue weighted by atomic mass is 32.2. The highest BCUT2D eigenvalue weighted by Crippen LogP contribution is 2.15. The lowest BCUT2D eigenvalue weighted by atomic mass is 10.1. The second kappa shape index (κ2) is 8.33. The number of sulfonamides is 1. The predicted octanol–water partition coefficient (Wildman–Crippen LogP) is 2.40. The Bertz CT molecular complexity index is 875. The van der Waals surface area contributed by atoms with Crippen LogP contribution in [0.4, 0.5) is 0 Å². The maximum atomic E-state index is 12.3. The molecule has 2 aromatic carbocycles. The molecule has 3 N–H and O–H groups in total. The largest absolute Gasteiger partial charge is 0.491 e. The van der Waals surface area contributed by atoms with Gasteiger partial charge in [0.25, 0.3) is 5.91 Å². The quantitative estimate of drug-likeness (QED) is 0.775. The van der Waals surface area contributed by atoms with Crippen LogP contribution in [0.5, 0.6) is 5.75 Å². The zero-order valence-corrected chi connectivity index (χ0v) is 16.0. The van der Waals surface area contributed by atoms with E-state index < -0.39 is 10.0 Å². The minimum Gasteiger partial charge on any atom is -0.491 e. The Kier molecular flexibility index (Phi) is 6.39. The summed E-state index contributed by atoms with van der Waals surface area (Å²) >= 11 is 0. The van der Waals surface area contributed by atoms with Gasteiger partial charge in [-0.1, -0.05) is 18.2 Å². The zero-order valence-electron chi connectivity index (χ0n) is 15.2. The smallest absolute Gasteiger partial charge is 0.251 e. The molecule has 0 aliphatic heterocycles. The molecule has 0 aromatic heterocycles. The van der Waals surface area contributed by atoms with E-state index in [0.717, 1.165) is 11.3 Å². The van der Waals surface area contributed by atoms with Gasteiger partial charge in [-0.25, -0.2) is 13.6 Å². The Hall–Kier alpha value is -2.38. The number of benzene rings is 2. The first kappa shape index (κ1) is 19.9. The van der Waals surface area contributed by atoms with E-state index in [0.29, 0.717) is 24.1 Å². The number of primary sulfonamides is 1. The molecule has 0 aliphatic rings. The van der Waals surface area contributed by atoms with Gasteiger partial charge in [-0.3, -0.25) is 4.79 Å². The summed E-state index contributed by atoms with van der Waals surface area (Å²) < 4.78 is 28.5. The number of nitrogens with two attached hydrogens (primary N) is 1. The van der Waals surface area contributed by atoms with Crippen LogP contribution in [0.3, 0.4) is 0 Å². The van der Waals surface area contributed by atoms with Gasteiger partial charge in [0.2, 0.25) is 10.0 Å². The Balaban J connectivity index is 1.97. The van der Waals surface area contributed by atoms with E-state index in [1.807, 2.05) is 38.1 Å². The van der Waals surface area contributed by atoms with Crippen molar-refractivity contribution in [2.45, 2.75) is 38.2 Å². The van der Waals surface area contributed by atoms with Crippen molar-refractivity contribution in [2.75, 3.05) is 6.54 Å². The van der Waals surface area contributed by atoms with Crippen molar-refractivity contribution in [3.8, 4) is 5.75 Å². The van der Waals surface area contributed by atoms with E-state index in [-0.39, 0.29) is 16.9 Å². The van der Waals surface area contributed by atoms with Crippen molar-refractivity contribution in [3.05, 3.63) is 59.2 Å². The molecule has 0 aliphatic carbocycles. The summed E-state index contributed by atoms with van der Waals surface area (Å²) in [5, 5.41) is 7.93. The number of ether oxygens (including phenoxy) is 1. The third-order valence-electron chi connectivity index (χ3n) is 3.78. The van der Waals surface area contributed by atoms with Crippen LogP contribution in [-0.4, -0.2) is 27.0 Å². The fourth-order valence-electron chi connectivity index (χ4n) is 2.45. The monoisotopic (exact) mass is 376 g/mol. The van der Waals surface area contributed by atoms with Gasteiger partial charge in [-0.15, -0.1) is 0 Å². The van der Waals surface area contributed by atoms with Gasteiger partial charge in [0, 0.05) is 12.1 Å². The van der Waals surface area contributed by atoms with Gasteiger partial charge in [0.1, 0.15) is 5.75 Å². The minimum absolute atomic E-state index is 0.0750. The van der Waals surface area contributed by atoms with Crippen molar-refractivity contribution in [2.24, 2.45) is 5.14 Å². The summed E-state index contributed by atoms with van der Waals surface area (Å²) in [5.74, 6) is 0.482. The van der Waals surface area contributed by atoms with Gasteiger partial charge in [-0.2, -0.15) is 0 Å². The van der Waals surface area contributed by atoms with Crippen molar-refractivity contribution in [1.29, 1.82) is 0 Å². The molecule has 0 atom stereocenters. The Morgan fingerprint density at radius 1 is 1.15 bits per heavy atom. The van der Waals surface area contributed by atoms with E-state index in [4.69, 9.17) is 9.88 Å². The number of hydrogen-bond donors (Lipinski definition) is 2. The van der Waals surface area contributed by atoms with Crippen LogP contribution < -0.4 is 15.2 Å². The van der Waals surface area contributed by atoms with Crippen LogP contribution in [0.1, 0.15) is 35.3 Å². The first-order chi connectivity index (χ1) is 12.2. The van der Waals surface area contributed by atoms with Gasteiger partial charge in [0.15, 0.2) is 0 Å². The molecule has 0 fully saturated rings. The lowest BCUT2D eigenvalue weighted by Crippen LogP contribution is -2.27. The molecule has 0 heterocycles. The predicted molar refractivity (Wildman–Crippen MR) is 101 cm³/mol. The Morgan fingerprint density at radius 3 is 2.38 bits per heavy atom. The summed E-state index contributed by atoms with van der Waals surface area (Å²) in [7, 11) is -3.84. The highest BCUT2D eigenvalue weighted by Gasteiger charge is 2.14. The molecule has 0 radical (unpaired) electrons. The topological polar surface area (TPSA) is 98.5 Å². The van der Waals surface area contributed by atoms with Crippen LogP contribution in [0.15, 0.2) is 47.4 Å². The van der Waals surface area contributed by atoms with E-state index in [9.17, 15) is 13.2 Å². The molecule has 0 spiro atoms. The van der Waals surface area contributed by atoms with Crippen molar-refractivity contribution >= 4 is 15.9 Å². The highest BCUT2D eigenvalue weighted by molar-refractivity contribution is 7.89. The fourth-order valence-corrected chi connectivity index (χ4v) is 2.99. The number of rotatable bonds is 7. The number of carbonyl (C=O) groups is 1. The van der Waals surface area contributed by atoms with Gasteiger partial charge < -0.3 is 10.1 Å². The van der Waals surface area contributed by atoms with Crippen LogP contribution >= 0.6 is 0 Å². The fraction of sp³-hybridized carbons (Fsp3) is 0.316. The molecular weight excluding hydrogens is 352 g/mol. The second-order valence-electron chi connectivity index (χ2n) is 6.34. The van der Waals surface area contributed by atoms with Gasteiger partial charge in [-0.05, 0) is 62.6 Å². The third-order valence-corrected chi connectivity index (χ3v) is 4.69. The second-order valence-corrected chi connectivity index (χ2v) is 7.90. The van der Waals surface area contributed by atoms with Gasteiger partial charge in [0.05, 0.1) is 11.0 Å². The number of hydrogen-bond acceptors (Lipinski definition) is 4. The van der Waals surface area contributed by atoms with Crippen LogP contribution in [0.2, 0.25) is 0 Å². The van der Waals surface area contributed by atoms with Crippen molar-refractivity contribution < 1.29 is 17.9 Å². The average Bonchev–Trinajstić information content (AvgIpc) is 2.55. The summed E-state index contributed by atoms with van der Waals surface area (Å²) in [6.07, 6.45) is 0.776. The molecule has 6 nitrogen and oxygen atoms in total. The SMILES string of the molecule is Cc1ccc(S(N)(=O)=O)cc1C(=O)NCCc1ccc(OC(C)C)cc1. The molecule has 2 rings (SSSR count). The molecule has 7 heteroatoms. The van der Waals surface area contributed by atoms with E-state index in [1.54, 1.807) is 13.0 Å². The number of nitrogens with one attached hydrogen (secondary N) is 1. The number of amides is 1. The van der Waals surface area contributed by atoms with Crippen LogP contribution in [-0.2, 0) is 16.4 Å². The van der Waals surface area contributed by atoms with E-state index in [1.165, 1.54) is 12.1 Å². The molecular formula is C19H24N2O4S. The van der Waals surface area contributed by atoms with Gasteiger partial charge >= 0.3 is 0 Å². The molecule has 140 valence electrons. The standard InChI is InChI=1S/C19H24N2O4S/c1-13(2)25-16-7-5-15(6-8-16)10-11-21-19(22)18-12-17(26(20,23)24)9-4-14(18)3/h4-9,12-13H,10-11H2,1-3H3,(H,21,22)(H2,20,23,24). The maximum absolute atomic E-state index is 12.3. The summed E-state index contributed by atoms with van der Waals surface area (Å²) in [5.41, 5.74) is 2.05. The van der Waals surface area contributed by atoms with E-state index >= 15 is 0 Å². The zero-order chi connectivity index (χ0) is 19.3. The summed E-state index contributed by atoms with van der Waals surface area (Å²) in [6, 6.07) is 12.0. The van der Waals surface area contributed by atoms with Crippen LogP contribution in [0.25, 0.3) is 0 Å². The van der Waals surface area contributed by atoms with Crippen LogP contribution in [0, 0.1) is 6.92 Å².